The van der Waals surface area contributed by atoms with Crippen LogP contribution in [-0.2, 0) is 38.0 Å². The third-order valence-corrected chi connectivity index (χ3v) is 2.33. The summed E-state index contributed by atoms with van der Waals surface area (Å²) in [5, 5.41) is 0. The lowest BCUT2D eigenvalue weighted by Gasteiger charge is -2.07. The van der Waals surface area contributed by atoms with Crippen molar-refractivity contribution in [1.82, 2.24) is 0 Å². The van der Waals surface area contributed by atoms with Crippen molar-refractivity contribution in [2.75, 3.05) is 26.8 Å². The Balaban J connectivity index is 3.53. The van der Waals surface area contributed by atoms with Gasteiger partial charge in [0.15, 0.2) is 0 Å². The van der Waals surface area contributed by atoms with E-state index in [4.69, 9.17) is 0 Å². The maximum absolute atomic E-state index is 11.3. The van der Waals surface area contributed by atoms with Crippen molar-refractivity contribution in [2.45, 2.75) is 39.5 Å². The molecular weight excluding hydrogens is 328 g/mol. The average Bonchev–Trinajstić information content (AvgIpc) is 2.52. The molecule has 0 atom stereocenters. The van der Waals surface area contributed by atoms with E-state index in [2.05, 4.69) is 28.4 Å². The third kappa shape index (κ3) is 13.2. The number of unbranched alkanes of at least 4 members (excludes halogenated alkanes) is 1. The minimum Gasteiger partial charge on any atom is -0.435 e. The van der Waals surface area contributed by atoms with E-state index >= 15 is 0 Å². The molecule has 0 amide bonds. The molecule has 0 bridgehead atoms. The SMILES string of the molecule is CCOC(=O)OCOC(=O)CCCCC(=O)OCOC(=O)OCC. The van der Waals surface area contributed by atoms with E-state index in [1.807, 2.05) is 0 Å². The van der Waals surface area contributed by atoms with Gasteiger partial charge in [0.05, 0.1) is 13.2 Å². The van der Waals surface area contributed by atoms with Crippen LogP contribution in [0.15, 0.2) is 0 Å². The monoisotopic (exact) mass is 350 g/mol. The van der Waals surface area contributed by atoms with Crippen LogP contribution >= 0.6 is 0 Å². The Labute approximate surface area is 139 Å². The number of hydrogen-bond donors (Lipinski definition) is 0. The van der Waals surface area contributed by atoms with E-state index in [1.165, 1.54) is 0 Å². The summed E-state index contributed by atoms with van der Waals surface area (Å²) in [6.45, 7) is 2.50. The molecule has 0 rings (SSSR count). The number of rotatable bonds is 11. The van der Waals surface area contributed by atoms with Crippen LogP contribution in [-0.4, -0.2) is 51.0 Å². The summed E-state index contributed by atoms with van der Waals surface area (Å²) in [4.78, 5) is 44.2. The lowest BCUT2D eigenvalue weighted by molar-refractivity contribution is -0.155. The van der Waals surface area contributed by atoms with Crippen LogP contribution in [0.5, 0.6) is 0 Å². The Morgan fingerprint density at radius 1 is 0.583 bits per heavy atom. The fourth-order valence-electron chi connectivity index (χ4n) is 1.29. The molecule has 138 valence electrons. The first-order valence-electron chi connectivity index (χ1n) is 7.39. The van der Waals surface area contributed by atoms with Crippen molar-refractivity contribution in [3.63, 3.8) is 0 Å². The molecular formula is C14H22O10. The molecule has 0 unspecified atom stereocenters. The predicted molar refractivity (Wildman–Crippen MR) is 76.6 cm³/mol. The standard InChI is InChI=1S/C14H22O10/c1-3-19-13(17)23-9-21-11(15)7-5-6-8-12(16)22-10-24-14(18)20-4-2/h3-10H2,1-2H3. The summed E-state index contributed by atoms with van der Waals surface area (Å²) in [6.07, 6.45) is -0.966. The van der Waals surface area contributed by atoms with E-state index < -0.39 is 37.8 Å². The van der Waals surface area contributed by atoms with Crippen LogP contribution in [0.3, 0.4) is 0 Å². The molecule has 0 fully saturated rings. The first-order chi connectivity index (χ1) is 11.5. The molecule has 10 heteroatoms. The third-order valence-electron chi connectivity index (χ3n) is 2.33. The minimum atomic E-state index is -0.918. The van der Waals surface area contributed by atoms with Crippen molar-refractivity contribution >= 4 is 24.2 Å². The van der Waals surface area contributed by atoms with Crippen molar-refractivity contribution in [2.24, 2.45) is 0 Å². The predicted octanol–water partition coefficient (Wildman–Crippen LogP) is 1.89. The zero-order valence-corrected chi connectivity index (χ0v) is 13.7. The van der Waals surface area contributed by atoms with E-state index in [0.29, 0.717) is 12.8 Å². The molecule has 0 saturated heterocycles. The van der Waals surface area contributed by atoms with Gasteiger partial charge in [-0.15, -0.1) is 0 Å². The van der Waals surface area contributed by atoms with Crippen molar-refractivity contribution in [3.8, 4) is 0 Å². The fourth-order valence-corrected chi connectivity index (χ4v) is 1.29. The van der Waals surface area contributed by atoms with Gasteiger partial charge in [-0.25, -0.2) is 9.59 Å². The second-order valence-corrected chi connectivity index (χ2v) is 4.13. The van der Waals surface area contributed by atoms with Gasteiger partial charge in [-0.3, -0.25) is 9.59 Å². The van der Waals surface area contributed by atoms with Crippen LogP contribution < -0.4 is 0 Å². The summed E-state index contributed by atoms with van der Waals surface area (Å²) in [6, 6.07) is 0. The largest absolute Gasteiger partial charge is 0.511 e. The normalized spacial score (nSPS) is 9.58. The molecule has 0 spiro atoms. The number of esters is 2. The fraction of sp³-hybridized carbons (Fsp3) is 0.714. The first kappa shape index (κ1) is 21.5. The van der Waals surface area contributed by atoms with Gasteiger partial charge in [0.1, 0.15) is 0 Å². The molecule has 0 aliphatic heterocycles. The summed E-state index contributed by atoms with van der Waals surface area (Å²) < 4.78 is 27.1. The molecule has 0 aliphatic rings. The molecule has 0 aliphatic carbocycles. The van der Waals surface area contributed by atoms with Gasteiger partial charge in [0.25, 0.3) is 0 Å². The van der Waals surface area contributed by atoms with Gasteiger partial charge in [-0.1, -0.05) is 0 Å². The molecule has 0 aromatic rings. The quantitative estimate of drug-likeness (QED) is 0.236. The molecule has 0 aromatic carbocycles. The second-order valence-electron chi connectivity index (χ2n) is 4.13. The van der Waals surface area contributed by atoms with Crippen LogP contribution in [0.25, 0.3) is 0 Å². The second kappa shape index (κ2) is 14.1. The van der Waals surface area contributed by atoms with Gasteiger partial charge >= 0.3 is 24.2 Å². The highest BCUT2D eigenvalue weighted by molar-refractivity contribution is 5.70. The Hall–Kier alpha value is -2.52. The zero-order chi connectivity index (χ0) is 18.2. The van der Waals surface area contributed by atoms with Crippen molar-refractivity contribution in [3.05, 3.63) is 0 Å². The van der Waals surface area contributed by atoms with E-state index in [1.54, 1.807) is 13.8 Å². The van der Waals surface area contributed by atoms with E-state index in [9.17, 15) is 19.2 Å². The Kier molecular flexibility index (Phi) is 12.6. The number of hydrogen-bond acceptors (Lipinski definition) is 10. The van der Waals surface area contributed by atoms with E-state index in [-0.39, 0.29) is 26.1 Å². The van der Waals surface area contributed by atoms with Crippen LogP contribution in [0.2, 0.25) is 0 Å². The van der Waals surface area contributed by atoms with Gasteiger partial charge in [0, 0.05) is 12.8 Å². The van der Waals surface area contributed by atoms with Crippen molar-refractivity contribution < 1.29 is 47.6 Å². The lowest BCUT2D eigenvalue weighted by Crippen LogP contribution is -2.14. The average molecular weight is 350 g/mol. The number of ether oxygens (including phenoxy) is 6. The highest BCUT2D eigenvalue weighted by atomic mass is 16.8. The van der Waals surface area contributed by atoms with Gasteiger partial charge in [-0.2, -0.15) is 0 Å². The zero-order valence-electron chi connectivity index (χ0n) is 13.7. The number of carbonyl (C=O) groups is 4. The van der Waals surface area contributed by atoms with Gasteiger partial charge < -0.3 is 28.4 Å². The molecule has 0 radical (unpaired) electrons. The van der Waals surface area contributed by atoms with Gasteiger partial charge in [-0.05, 0) is 26.7 Å². The lowest BCUT2D eigenvalue weighted by atomic mass is 10.2. The Bertz CT molecular complexity index is 368. The topological polar surface area (TPSA) is 124 Å². The molecule has 0 aromatic heterocycles. The molecule has 10 nitrogen and oxygen atoms in total. The Morgan fingerprint density at radius 2 is 0.958 bits per heavy atom. The molecule has 24 heavy (non-hydrogen) atoms. The molecule has 0 saturated carbocycles. The highest BCUT2D eigenvalue weighted by Crippen LogP contribution is 2.03. The van der Waals surface area contributed by atoms with E-state index in [0.717, 1.165) is 0 Å². The van der Waals surface area contributed by atoms with Gasteiger partial charge in [0.2, 0.25) is 13.6 Å². The number of carbonyl (C=O) groups excluding carboxylic acids is 4. The van der Waals surface area contributed by atoms with Crippen LogP contribution in [0.4, 0.5) is 9.59 Å². The smallest absolute Gasteiger partial charge is 0.435 e. The van der Waals surface area contributed by atoms with Crippen LogP contribution in [0.1, 0.15) is 39.5 Å². The summed E-state index contributed by atoms with van der Waals surface area (Å²) in [7, 11) is 0. The Morgan fingerprint density at radius 3 is 1.29 bits per heavy atom. The maximum Gasteiger partial charge on any atom is 0.511 e. The summed E-state index contributed by atoms with van der Waals surface area (Å²) in [5.74, 6) is -1.14. The maximum atomic E-state index is 11.3. The molecule has 0 heterocycles. The van der Waals surface area contributed by atoms with Crippen LogP contribution in [0, 0.1) is 0 Å². The summed E-state index contributed by atoms with van der Waals surface area (Å²) in [5.41, 5.74) is 0. The van der Waals surface area contributed by atoms with Crippen molar-refractivity contribution in [1.29, 1.82) is 0 Å². The summed E-state index contributed by atoms with van der Waals surface area (Å²) >= 11 is 0. The highest BCUT2D eigenvalue weighted by Gasteiger charge is 2.09. The minimum absolute atomic E-state index is 0.0544. The molecule has 0 N–H and O–H groups in total. The first-order valence-corrected chi connectivity index (χ1v) is 7.39.